The first-order valence-electron chi connectivity index (χ1n) is 7.25. The Bertz CT molecular complexity index is 584. The van der Waals surface area contributed by atoms with Crippen molar-refractivity contribution in [2.45, 2.75) is 31.6 Å². The van der Waals surface area contributed by atoms with E-state index in [9.17, 15) is 13.2 Å². The van der Waals surface area contributed by atoms with Gasteiger partial charge >= 0.3 is 0 Å². The molecular formula is C15H22N2O3S. The summed E-state index contributed by atoms with van der Waals surface area (Å²) in [6.45, 7) is 5.76. The molecule has 1 N–H and O–H groups in total. The summed E-state index contributed by atoms with van der Waals surface area (Å²) >= 11 is 0. The molecule has 1 aliphatic heterocycles. The maximum absolute atomic E-state index is 12.1. The van der Waals surface area contributed by atoms with E-state index in [0.29, 0.717) is 38.3 Å². The maximum Gasteiger partial charge on any atom is 0.240 e. The van der Waals surface area contributed by atoms with Crippen molar-refractivity contribution in [1.29, 1.82) is 0 Å². The van der Waals surface area contributed by atoms with Gasteiger partial charge < -0.3 is 4.90 Å². The fourth-order valence-electron chi connectivity index (χ4n) is 2.21. The Morgan fingerprint density at radius 1 is 1.14 bits per heavy atom. The van der Waals surface area contributed by atoms with Crippen LogP contribution >= 0.6 is 0 Å². The van der Waals surface area contributed by atoms with E-state index in [2.05, 4.69) is 9.62 Å². The first kappa shape index (κ1) is 16.0. The van der Waals surface area contributed by atoms with E-state index >= 15 is 0 Å². The molecule has 0 unspecified atom stereocenters. The van der Waals surface area contributed by atoms with Crippen molar-refractivity contribution in [3.8, 4) is 0 Å². The highest BCUT2D eigenvalue weighted by Crippen LogP contribution is 2.20. The molecule has 1 fully saturated rings. The lowest BCUT2D eigenvalue weighted by Gasteiger charge is -2.28. The van der Waals surface area contributed by atoms with Crippen LogP contribution in [-0.4, -0.2) is 33.8 Å². The lowest BCUT2D eigenvalue weighted by molar-refractivity contribution is -0.119. The largest absolute Gasteiger partial charge is 0.371 e. The van der Waals surface area contributed by atoms with Crippen molar-refractivity contribution in [3.63, 3.8) is 0 Å². The van der Waals surface area contributed by atoms with E-state index in [4.69, 9.17) is 0 Å². The zero-order chi connectivity index (χ0) is 15.5. The number of sulfonamides is 1. The summed E-state index contributed by atoms with van der Waals surface area (Å²) in [6.07, 6.45) is 1.13. The Kier molecular flexibility index (Phi) is 5.00. The molecule has 0 atom stereocenters. The number of carbonyl (C=O) groups excluding carboxylic acids is 1. The van der Waals surface area contributed by atoms with Crippen molar-refractivity contribution >= 4 is 21.5 Å². The molecular weight excluding hydrogens is 288 g/mol. The molecule has 0 spiro atoms. The fourth-order valence-corrected chi connectivity index (χ4v) is 3.42. The Balaban J connectivity index is 2.06. The third-order valence-electron chi connectivity index (χ3n) is 3.51. The average Bonchev–Trinajstić information content (AvgIpc) is 2.46. The highest BCUT2D eigenvalue weighted by Gasteiger charge is 2.18. The predicted molar refractivity (Wildman–Crippen MR) is 82.9 cm³/mol. The molecule has 0 aromatic heterocycles. The third-order valence-corrected chi connectivity index (χ3v) is 4.95. The lowest BCUT2D eigenvalue weighted by Crippen LogP contribution is -2.33. The molecule has 1 saturated heterocycles. The molecule has 0 amide bonds. The number of Topliss-reactive ketones (excluding diaryl/α,β-unsaturated/α-hetero) is 1. The number of rotatable bonds is 5. The molecule has 0 saturated carbocycles. The van der Waals surface area contributed by atoms with Crippen LogP contribution in [0.2, 0.25) is 0 Å². The summed E-state index contributed by atoms with van der Waals surface area (Å²) in [5.41, 5.74) is 0.963. The molecule has 1 aromatic carbocycles. The second-order valence-corrected chi connectivity index (χ2v) is 7.53. The molecule has 0 radical (unpaired) electrons. The van der Waals surface area contributed by atoms with Crippen LogP contribution in [0.3, 0.4) is 0 Å². The highest BCUT2D eigenvalue weighted by molar-refractivity contribution is 7.89. The number of hydrogen-bond donors (Lipinski definition) is 1. The monoisotopic (exact) mass is 310 g/mol. The van der Waals surface area contributed by atoms with Crippen LogP contribution in [0.1, 0.15) is 26.7 Å². The van der Waals surface area contributed by atoms with Gasteiger partial charge in [0.25, 0.3) is 0 Å². The number of ketones is 1. The summed E-state index contributed by atoms with van der Waals surface area (Å²) in [5, 5.41) is 0. The molecule has 1 heterocycles. The molecule has 6 heteroatoms. The van der Waals surface area contributed by atoms with Gasteiger partial charge in [-0.15, -0.1) is 0 Å². The van der Waals surface area contributed by atoms with E-state index in [1.54, 1.807) is 24.3 Å². The van der Waals surface area contributed by atoms with Crippen LogP contribution < -0.4 is 9.62 Å². The van der Waals surface area contributed by atoms with E-state index in [1.165, 1.54) is 0 Å². The smallest absolute Gasteiger partial charge is 0.240 e. The van der Waals surface area contributed by atoms with Crippen LogP contribution in [0, 0.1) is 5.92 Å². The number of benzene rings is 1. The van der Waals surface area contributed by atoms with Crippen LogP contribution in [0.15, 0.2) is 29.2 Å². The molecule has 1 aliphatic rings. The van der Waals surface area contributed by atoms with Crippen molar-refractivity contribution in [1.82, 2.24) is 4.72 Å². The maximum atomic E-state index is 12.1. The lowest BCUT2D eigenvalue weighted by atomic mass is 10.1. The Morgan fingerprint density at radius 3 is 2.24 bits per heavy atom. The van der Waals surface area contributed by atoms with Gasteiger partial charge in [0.1, 0.15) is 5.78 Å². The number of nitrogens with one attached hydrogen (secondary N) is 1. The van der Waals surface area contributed by atoms with Gasteiger partial charge in [-0.3, -0.25) is 4.79 Å². The van der Waals surface area contributed by atoms with Gasteiger partial charge in [-0.1, -0.05) is 13.8 Å². The van der Waals surface area contributed by atoms with E-state index in [-0.39, 0.29) is 10.8 Å². The van der Waals surface area contributed by atoms with Gasteiger partial charge in [-0.05, 0) is 30.2 Å². The minimum absolute atomic E-state index is 0.268. The van der Waals surface area contributed by atoms with Gasteiger partial charge in [-0.2, -0.15) is 0 Å². The van der Waals surface area contributed by atoms with Crippen molar-refractivity contribution < 1.29 is 13.2 Å². The summed E-state index contributed by atoms with van der Waals surface area (Å²) < 4.78 is 26.8. The second kappa shape index (κ2) is 6.58. The minimum atomic E-state index is -3.43. The Hall–Kier alpha value is -1.40. The molecule has 1 aromatic rings. The number of carbonyl (C=O) groups is 1. The van der Waals surface area contributed by atoms with E-state index < -0.39 is 10.0 Å². The minimum Gasteiger partial charge on any atom is -0.371 e. The van der Waals surface area contributed by atoms with Crippen molar-refractivity contribution in [2.24, 2.45) is 5.92 Å². The predicted octanol–water partition coefficient (Wildman–Crippen LogP) is 1.79. The van der Waals surface area contributed by atoms with Crippen molar-refractivity contribution in [2.75, 3.05) is 24.5 Å². The average molecular weight is 310 g/mol. The van der Waals surface area contributed by atoms with E-state index in [0.717, 1.165) is 5.69 Å². The first-order chi connectivity index (χ1) is 9.88. The topological polar surface area (TPSA) is 66.5 Å². The number of piperidine rings is 1. The molecule has 21 heavy (non-hydrogen) atoms. The second-order valence-electron chi connectivity index (χ2n) is 5.77. The standard InChI is InChI=1S/C15H22N2O3S/c1-12(2)11-16-21(19,20)15-5-3-13(4-6-15)17-9-7-14(18)8-10-17/h3-6,12,16H,7-11H2,1-2H3. The summed E-state index contributed by atoms with van der Waals surface area (Å²) in [7, 11) is -3.43. The van der Waals surface area contributed by atoms with Crippen LogP contribution in [0.5, 0.6) is 0 Å². The quantitative estimate of drug-likeness (QED) is 0.900. The fraction of sp³-hybridized carbons (Fsp3) is 0.533. The zero-order valence-electron chi connectivity index (χ0n) is 12.5. The molecule has 5 nitrogen and oxygen atoms in total. The zero-order valence-corrected chi connectivity index (χ0v) is 13.3. The van der Waals surface area contributed by atoms with Gasteiger partial charge in [0.2, 0.25) is 10.0 Å². The van der Waals surface area contributed by atoms with Gasteiger partial charge in [0.05, 0.1) is 4.90 Å². The summed E-state index contributed by atoms with van der Waals surface area (Å²) in [6, 6.07) is 6.85. The van der Waals surface area contributed by atoms with Crippen LogP contribution in [0.25, 0.3) is 0 Å². The summed E-state index contributed by atoms with van der Waals surface area (Å²) in [4.78, 5) is 13.6. The van der Waals surface area contributed by atoms with Crippen molar-refractivity contribution in [3.05, 3.63) is 24.3 Å². The highest BCUT2D eigenvalue weighted by atomic mass is 32.2. The van der Waals surface area contributed by atoms with Gasteiger partial charge in [0.15, 0.2) is 0 Å². The summed E-state index contributed by atoms with van der Waals surface area (Å²) in [5.74, 6) is 0.563. The first-order valence-corrected chi connectivity index (χ1v) is 8.73. The molecule has 0 aliphatic carbocycles. The van der Waals surface area contributed by atoms with Crippen LogP contribution in [-0.2, 0) is 14.8 Å². The van der Waals surface area contributed by atoms with Gasteiger partial charge in [0, 0.05) is 38.2 Å². The third kappa shape index (κ3) is 4.28. The normalized spacial score (nSPS) is 16.5. The Labute approximate surface area is 126 Å². The number of anilines is 1. The van der Waals surface area contributed by atoms with E-state index in [1.807, 2.05) is 13.8 Å². The molecule has 2 rings (SSSR count). The molecule has 0 bridgehead atoms. The Morgan fingerprint density at radius 2 is 1.71 bits per heavy atom. The van der Waals surface area contributed by atoms with Gasteiger partial charge in [-0.25, -0.2) is 13.1 Å². The molecule has 116 valence electrons. The number of nitrogens with zero attached hydrogens (tertiary/aromatic N) is 1. The number of hydrogen-bond acceptors (Lipinski definition) is 4. The van der Waals surface area contributed by atoms with Crippen LogP contribution in [0.4, 0.5) is 5.69 Å². The SMILES string of the molecule is CC(C)CNS(=O)(=O)c1ccc(N2CCC(=O)CC2)cc1.